The molecule has 0 saturated carbocycles. The fraction of sp³-hybridized carbons (Fsp3) is 0.647. The van der Waals surface area contributed by atoms with Crippen molar-refractivity contribution in [2.45, 2.75) is 52.5 Å². The van der Waals surface area contributed by atoms with E-state index in [9.17, 15) is 5.11 Å². The summed E-state index contributed by atoms with van der Waals surface area (Å²) in [5, 5.41) is 9.42. The highest BCUT2D eigenvalue weighted by Crippen LogP contribution is 2.41. The molecule has 106 valence electrons. The summed E-state index contributed by atoms with van der Waals surface area (Å²) in [5.41, 5.74) is 1.87. The minimum atomic E-state index is 0.358. The molecule has 1 heterocycles. The van der Waals surface area contributed by atoms with Crippen molar-refractivity contribution in [3.05, 3.63) is 29.8 Å². The van der Waals surface area contributed by atoms with E-state index in [0.717, 1.165) is 6.42 Å². The van der Waals surface area contributed by atoms with E-state index in [0.29, 0.717) is 17.2 Å². The fourth-order valence-electron chi connectivity index (χ4n) is 3.46. The summed E-state index contributed by atoms with van der Waals surface area (Å²) in [6.07, 6.45) is 5.03. The molecule has 1 N–H and O–H groups in total. The quantitative estimate of drug-likeness (QED) is 0.851. The first kappa shape index (κ1) is 14.4. The summed E-state index contributed by atoms with van der Waals surface area (Å²) in [6.45, 7) is 9.35. The van der Waals surface area contributed by atoms with Gasteiger partial charge in [-0.1, -0.05) is 32.9 Å². The second kappa shape index (κ2) is 5.96. The third-order valence-electron chi connectivity index (χ3n) is 5.07. The topological polar surface area (TPSA) is 23.5 Å². The van der Waals surface area contributed by atoms with Gasteiger partial charge in [0, 0.05) is 12.6 Å². The molecule has 1 aliphatic rings. The van der Waals surface area contributed by atoms with Crippen molar-refractivity contribution in [3.8, 4) is 5.75 Å². The van der Waals surface area contributed by atoms with Crippen LogP contribution in [0.25, 0.3) is 0 Å². The van der Waals surface area contributed by atoms with Gasteiger partial charge in [-0.05, 0) is 55.3 Å². The molecule has 0 aliphatic carbocycles. The number of hydrogen-bond donors (Lipinski definition) is 1. The molecule has 2 heteroatoms. The lowest BCUT2D eigenvalue weighted by Gasteiger charge is -2.31. The van der Waals surface area contributed by atoms with Crippen LogP contribution < -0.4 is 0 Å². The maximum Gasteiger partial charge on any atom is 0.115 e. The lowest BCUT2D eigenvalue weighted by Crippen LogP contribution is -2.29. The molecule has 0 bridgehead atoms. The number of phenolic OH excluding ortho intramolecular Hbond substituents is 1. The number of aromatic hydroxyl groups is 1. The normalized spacial score (nSPS) is 20.6. The highest BCUT2D eigenvalue weighted by Gasteiger charge is 2.37. The first-order valence-electron chi connectivity index (χ1n) is 7.67. The monoisotopic (exact) mass is 261 g/mol. The predicted octanol–water partition coefficient (Wildman–Crippen LogP) is 4.36. The third-order valence-corrected chi connectivity index (χ3v) is 5.07. The van der Waals surface area contributed by atoms with Crippen LogP contribution in [0.15, 0.2) is 24.3 Å². The van der Waals surface area contributed by atoms with Crippen LogP contribution in [-0.4, -0.2) is 23.1 Å². The van der Waals surface area contributed by atoms with Crippen molar-refractivity contribution >= 4 is 0 Å². The maximum absolute atomic E-state index is 9.42. The average molecular weight is 261 g/mol. The van der Waals surface area contributed by atoms with Gasteiger partial charge in [0.25, 0.3) is 0 Å². The smallest absolute Gasteiger partial charge is 0.115 e. The van der Waals surface area contributed by atoms with Crippen molar-refractivity contribution in [3.63, 3.8) is 0 Å². The van der Waals surface area contributed by atoms with E-state index in [2.05, 4.69) is 37.8 Å². The Balaban J connectivity index is 2.13. The first-order chi connectivity index (χ1) is 9.14. The lowest BCUT2D eigenvalue weighted by atomic mass is 9.82. The molecule has 0 spiro atoms. The lowest BCUT2D eigenvalue weighted by molar-refractivity contribution is 0.190. The number of likely N-dealkylation sites (tertiary alicyclic amines) is 1. The largest absolute Gasteiger partial charge is 0.508 e. The summed E-state index contributed by atoms with van der Waals surface area (Å²) in [5.74, 6) is 0.358. The Morgan fingerprint density at radius 2 is 1.79 bits per heavy atom. The zero-order chi connectivity index (χ0) is 13.9. The van der Waals surface area contributed by atoms with Gasteiger partial charge in [-0.25, -0.2) is 0 Å². The van der Waals surface area contributed by atoms with Gasteiger partial charge >= 0.3 is 0 Å². The van der Waals surface area contributed by atoms with Crippen molar-refractivity contribution in [2.24, 2.45) is 5.41 Å². The van der Waals surface area contributed by atoms with E-state index in [1.807, 2.05) is 0 Å². The van der Waals surface area contributed by atoms with Gasteiger partial charge in [-0.3, -0.25) is 4.90 Å². The van der Waals surface area contributed by atoms with Gasteiger partial charge < -0.3 is 5.11 Å². The Morgan fingerprint density at radius 3 is 2.26 bits per heavy atom. The Labute approximate surface area is 117 Å². The molecule has 1 fully saturated rings. The van der Waals surface area contributed by atoms with E-state index in [4.69, 9.17) is 0 Å². The van der Waals surface area contributed by atoms with Gasteiger partial charge in [0.05, 0.1) is 0 Å². The molecular formula is C17H27NO. The minimum Gasteiger partial charge on any atom is -0.508 e. The van der Waals surface area contributed by atoms with Crippen molar-refractivity contribution < 1.29 is 5.11 Å². The van der Waals surface area contributed by atoms with E-state index in [1.165, 1.54) is 37.9 Å². The van der Waals surface area contributed by atoms with Gasteiger partial charge in [-0.15, -0.1) is 0 Å². The fourth-order valence-corrected chi connectivity index (χ4v) is 3.46. The van der Waals surface area contributed by atoms with E-state index < -0.39 is 0 Å². The third kappa shape index (κ3) is 2.94. The average Bonchev–Trinajstić information content (AvgIpc) is 2.87. The summed E-state index contributed by atoms with van der Waals surface area (Å²) in [6, 6.07) is 8.26. The van der Waals surface area contributed by atoms with Crippen LogP contribution in [0.4, 0.5) is 0 Å². The summed E-state index contributed by atoms with van der Waals surface area (Å²) < 4.78 is 0. The number of benzene rings is 1. The molecule has 1 atom stereocenters. The minimum absolute atomic E-state index is 0.358. The molecule has 0 amide bonds. The second-order valence-electron chi connectivity index (χ2n) is 5.94. The van der Waals surface area contributed by atoms with Crippen LogP contribution in [0.1, 0.15) is 58.1 Å². The number of phenols is 1. The molecule has 0 radical (unpaired) electrons. The van der Waals surface area contributed by atoms with Crippen LogP contribution >= 0.6 is 0 Å². The number of nitrogens with zero attached hydrogens (tertiary/aromatic N) is 1. The van der Waals surface area contributed by atoms with E-state index in [1.54, 1.807) is 12.1 Å². The van der Waals surface area contributed by atoms with Crippen LogP contribution in [0.3, 0.4) is 0 Å². The maximum atomic E-state index is 9.42. The zero-order valence-corrected chi connectivity index (χ0v) is 12.5. The Hall–Kier alpha value is -1.02. The zero-order valence-electron chi connectivity index (χ0n) is 12.5. The summed E-state index contributed by atoms with van der Waals surface area (Å²) >= 11 is 0. The van der Waals surface area contributed by atoms with Crippen LogP contribution in [0.5, 0.6) is 5.75 Å². The summed E-state index contributed by atoms with van der Waals surface area (Å²) in [7, 11) is 0. The second-order valence-corrected chi connectivity index (χ2v) is 5.94. The predicted molar refractivity (Wildman–Crippen MR) is 80.3 cm³/mol. The van der Waals surface area contributed by atoms with E-state index >= 15 is 0 Å². The molecule has 1 aromatic rings. The molecule has 19 heavy (non-hydrogen) atoms. The van der Waals surface area contributed by atoms with Crippen LogP contribution in [0.2, 0.25) is 0 Å². The molecule has 2 nitrogen and oxygen atoms in total. The van der Waals surface area contributed by atoms with Crippen LogP contribution in [-0.2, 0) is 0 Å². The molecule has 0 aromatic heterocycles. The standard InChI is InChI=1S/C17H27NO/c1-4-16(14-7-9-15(19)10-8-14)18-12-11-17(5-2,6-3)13-18/h7-10,16,19H,4-6,11-13H2,1-3H3. The Bertz CT molecular complexity index is 394. The van der Waals surface area contributed by atoms with Gasteiger partial charge in [0.1, 0.15) is 5.75 Å². The van der Waals surface area contributed by atoms with Crippen molar-refractivity contribution in [1.82, 2.24) is 4.90 Å². The number of hydrogen-bond acceptors (Lipinski definition) is 2. The highest BCUT2D eigenvalue weighted by atomic mass is 16.3. The Kier molecular flexibility index (Phi) is 4.51. The molecule has 1 aromatic carbocycles. The van der Waals surface area contributed by atoms with Crippen molar-refractivity contribution in [2.75, 3.05) is 13.1 Å². The highest BCUT2D eigenvalue weighted by molar-refractivity contribution is 5.28. The molecule has 1 unspecified atom stereocenters. The van der Waals surface area contributed by atoms with E-state index in [-0.39, 0.29) is 0 Å². The number of rotatable bonds is 5. The first-order valence-corrected chi connectivity index (χ1v) is 7.67. The summed E-state index contributed by atoms with van der Waals surface area (Å²) in [4.78, 5) is 2.64. The molecular weight excluding hydrogens is 234 g/mol. The Morgan fingerprint density at radius 1 is 1.16 bits per heavy atom. The van der Waals surface area contributed by atoms with Crippen LogP contribution in [0, 0.1) is 5.41 Å². The van der Waals surface area contributed by atoms with Gasteiger partial charge in [-0.2, -0.15) is 0 Å². The SMILES string of the molecule is CCC(c1ccc(O)cc1)N1CCC(CC)(CC)C1. The van der Waals surface area contributed by atoms with Crippen molar-refractivity contribution in [1.29, 1.82) is 0 Å². The van der Waals surface area contributed by atoms with Gasteiger partial charge in [0.15, 0.2) is 0 Å². The van der Waals surface area contributed by atoms with Gasteiger partial charge in [0.2, 0.25) is 0 Å². The molecule has 1 saturated heterocycles. The molecule has 2 rings (SSSR count). The molecule has 1 aliphatic heterocycles.